The highest BCUT2D eigenvalue weighted by Gasteiger charge is 2.30. The lowest BCUT2D eigenvalue weighted by atomic mass is 9.92. The van der Waals surface area contributed by atoms with E-state index < -0.39 is 5.97 Å². The van der Waals surface area contributed by atoms with Crippen molar-refractivity contribution < 1.29 is 14.6 Å². The molecule has 2 heterocycles. The van der Waals surface area contributed by atoms with E-state index in [1.165, 1.54) is 0 Å². The van der Waals surface area contributed by atoms with Crippen LogP contribution >= 0.6 is 0 Å². The van der Waals surface area contributed by atoms with Gasteiger partial charge in [0.05, 0.1) is 24.4 Å². The number of piperidine rings is 1. The molecule has 20 heavy (non-hydrogen) atoms. The van der Waals surface area contributed by atoms with E-state index in [0.717, 1.165) is 5.82 Å². The molecule has 1 fully saturated rings. The molecule has 1 aromatic heterocycles. The first kappa shape index (κ1) is 14.6. The molecule has 2 rings (SSSR count). The molecule has 1 aliphatic heterocycles. The van der Waals surface area contributed by atoms with Crippen molar-refractivity contribution in [3.05, 3.63) is 12.4 Å². The maximum absolute atomic E-state index is 11.1. The zero-order valence-electron chi connectivity index (χ0n) is 12.1. The zero-order valence-corrected chi connectivity index (χ0v) is 12.1. The van der Waals surface area contributed by atoms with Gasteiger partial charge in [0.1, 0.15) is 0 Å². The zero-order chi connectivity index (χ0) is 14.7. The highest BCUT2D eigenvalue weighted by atomic mass is 16.5. The number of aromatic nitrogens is 2. The monoisotopic (exact) mass is 279 g/mol. The summed E-state index contributed by atoms with van der Waals surface area (Å²) in [6, 6.07) is 0.133. The Balaban J connectivity index is 2.10. The molecule has 0 saturated carbocycles. The van der Waals surface area contributed by atoms with E-state index in [1.807, 2.05) is 20.8 Å². The van der Waals surface area contributed by atoms with Crippen LogP contribution in [0.2, 0.25) is 0 Å². The molecule has 1 saturated heterocycles. The van der Waals surface area contributed by atoms with Crippen molar-refractivity contribution in [1.29, 1.82) is 0 Å². The maximum atomic E-state index is 11.1. The largest absolute Gasteiger partial charge is 0.481 e. The third-order valence-corrected chi connectivity index (χ3v) is 3.48. The van der Waals surface area contributed by atoms with Crippen LogP contribution < -0.4 is 9.64 Å². The van der Waals surface area contributed by atoms with E-state index in [0.29, 0.717) is 25.3 Å². The molecule has 0 spiro atoms. The number of carbonyl (C=O) groups is 1. The van der Waals surface area contributed by atoms with Crippen LogP contribution in [-0.2, 0) is 4.79 Å². The molecule has 0 aliphatic carbocycles. The molecule has 0 bridgehead atoms. The van der Waals surface area contributed by atoms with Crippen LogP contribution in [-0.4, -0.2) is 39.7 Å². The Kier molecular flexibility index (Phi) is 4.42. The lowest BCUT2D eigenvalue weighted by molar-refractivity contribution is -0.142. The van der Waals surface area contributed by atoms with E-state index in [9.17, 15) is 4.79 Å². The first-order chi connectivity index (χ1) is 9.47. The van der Waals surface area contributed by atoms with Crippen molar-refractivity contribution in [2.45, 2.75) is 45.8 Å². The van der Waals surface area contributed by atoms with Crippen molar-refractivity contribution in [2.75, 3.05) is 11.4 Å². The molecule has 6 heteroatoms. The average molecular weight is 279 g/mol. The fourth-order valence-corrected chi connectivity index (χ4v) is 2.51. The van der Waals surface area contributed by atoms with Gasteiger partial charge in [-0.05, 0) is 33.6 Å². The van der Waals surface area contributed by atoms with Crippen LogP contribution in [0.15, 0.2) is 12.4 Å². The van der Waals surface area contributed by atoms with Crippen LogP contribution in [0.4, 0.5) is 5.82 Å². The minimum Gasteiger partial charge on any atom is -0.481 e. The molecule has 1 aromatic rings. The minimum absolute atomic E-state index is 0.0507. The fourth-order valence-electron chi connectivity index (χ4n) is 2.51. The van der Waals surface area contributed by atoms with Crippen LogP contribution in [0.3, 0.4) is 0 Å². The van der Waals surface area contributed by atoms with Gasteiger partial charge in [-0.3, -0.25) is 9.78 Å². The number of anilines is 1. The van der Waals surface area contributed by atoms with Gasteiger partial charge in [0.15, 0.2) is 5.82 Å². The molecular weight excluding hydrogens is 258 g/mol. The number of rotatable bonds is 4. The fraction of sp³-hybridized carbons (Fsp3) is 0.643. The van der Waals surface area contributed by atoms with Gasteiger partial charge < -0.3 is 14.7 Å². The number of ether oxygens (including phenoxy) is 1. The molecule has 110 valence electrons. The Bertz CT molecular complexity index is 478. The minimum atomic E-state index is -0.709. The summed E-state index contributed by atoms with van der Waals surface area (Å²) in [7, 11) is 0. The number of hydrogen-bond donors (Lipinski definition) is 1. The van der Waals surface area contributed by atoms with Crippen molar-refractivity contribution in [3.63, 3.8) is 0 Å². The normalized spacial score (nSPS) is 22.9. The maximum Gasteiger partial charge on any atom is 0.306 e. The number of carboxylic acid groups (broad SMARTS) is 1. The van der Waals surface area contributed by atoms with E-state index in [4.69, 9.17) is 9.84 Å². The SMILES string of the molecule is CC(C)Oc1cncc(N2CCC(C(=O)O)CC2C)n1. The number of nitrogens with zero attached hydrogens (tertiary/aromatic N) is 3. The smallest absolute Gasteiger partial charge is 0.306 e. The predicted octanol–water partition coefficient (Wildman–Crippen LogP) is 1.95. The van der Waals surface area contributed by atoms with Crippen LogP contribution in [0, 0.1) is 5.92 Å². The number of carboxylic acids is 1. The molecule has 2 atom stereocenters. The Morgan fingerprint density at radius 2 is 2.25 bits per heavy atom. The summed E-state index contributed by atoms with van der Waals surface area (Å²) in [6.07, 6.45) is 4.61. The average Bonchev–Trinajstić information content (AvgIpc) is 2.38. The van der Waals surface area contributed by atoms with Gasteiger partial charge in [-0.2, -0.15) is 4.98 Å². The highest BCUT2D eigenvalue weighted by molar-refractivity contribution is 5.70. The Hall–Kier alpha value is -1.85. The number of aliphatic carboxylic acids is 1. The van der Waals surface area contributed by atoms with Gasteiger partial charge in [0.2, 0.25) is 5.88 Å². The van der Waals surface area contributed by atoms with Crippen molar-refractivity contribution in [1.82, 2.24) is 9.97 Å². The van der Waals surface area contributed by atoms with Crippen LogP contribution in [0.5, 0.6) is 5.88 Å². The van der Waals surface area contributed by atoms with E-state index in [-0.39, 0.29) is 18.1 Å². The first-order valence-corrected chi connectivity index (χ1v) is 6.95. The summed E-state index contributed by atoms with van der Waals surface area (Å²) >= 11 is 0. The van der Waals surface area contributed by atoms with Gasteiger partial charge in [0, 0.05) is 12.6 Å². The molecule has 0 aromatic carbocycles. The Morgan fingerprint density at radius 3 is 2.85 bits per heavy atom. The Morgan fingerprint density at radius 1 is 1.50 bits per heavy atom. The van der Waals surface area contributed by atoms with E-state index in [1.54, 1.807) is 12.4 Å². The molecule has 6 nitrogen and oxygen atoms in total. The first-order valence-electron chi connectivity index (χ1n) is 6.95. The van der Waals surface area contributed by atoms with Crippen LogP contribution in [0.1, 0.15) is 33.6 Å². The second-order valence-electron chi connectivity index (χ2n) is 5.48. The quantitative estimate of drug-likeness (QED) is 0.908. The second-order valence-corrected chi connectivity index (χ2v) is 5.48. The lowest BCUT2D eigenvalue weighted by Crippen LogP contribution is -2.43. The second kappa shape index (κ2) is 6.07. The summed E-state index contributed by atoms with van der Waals surface area (Å²) in [6.45, 7) is 6.58. The van der Waals surface area contributed by atoms with Gasteiger partial charge >= 0.3 is 5.97 Å². The summed E-state index contributed by atoms with van der Waals surface area (Å²) in [5, 5.41) is 9.09. The highest BCUT2D eigenvalue weighted by Crippen LogP contribution is 2.27. The Labute approximate surface area is 118 Å². The molecule has 2 unspecified atom stereocenters. The summed E-state index contributed by atoms with van der Waals surface area (Å²) in [5.41, 5.74) is 0. The standard InChI is InChI=1S/C14H21N3O3/c1-9(2)20-13-8-15-7-12(16-13)17-5-4-11(14(18)19)6-10(17)3/h7-11H,4-6H2,1-3H3,(H,18,19). The van der Waals surface area contributed by atoms with Crippen molar-refractivity contribution >= 4 is 11.8 Å². The van der Waals surface area contributed by atoms with Crippen molar-refractivity contribution in [2.24, 2.45) is 5.92 Å². The summed E-state index contributed by atoms with van der Waals surface area (Å²) < 4.78 is 5.55. The van der Waals surface area contributed by atoms with E-state index in [2.05, 4.69) is 14.9 Å². The molecule has 1 N–H and O–H groups in total. The third-order valence-electron chi connectivity index (χ3n) is 3.48. The molecule has 0 amide bonds. The predicted molar refractivity (Wildman–Crippen MR) is 75.0 cm³/mol. The third kappa shape index (κ3) is 3.37. The van der Waals surface area contributed by atoms with E-state index >= 15 is 0 Å². The molecular formula is C14H21N3O3. The summed E-state index contributed by atoms with van der Waals surface area (Å²) in [5.74, 6) is 0.285. The van der Waals surface area contributed by atoms with Gasteiger partial charge in [-0.25, -0.2) is 0 Å². The van der Waals surface area contributed by atoms with Crippen LogP contribution in [0.25, 0.3) is 0 Å². The molecule has 0 radical (unpaired) electrons. The van der Waals surface area contributed by atoms with Gasteiger partial charge in [-0.1, -0.05) is 0 Å². The number of hydrogen-bond acceptors (Lipinski definition) is 5. The topological polar surface area (TPSA) is 75.5 Å². The lowest BCUT2D eigenvalue weighted by Gasteiger charge is -2.36. The van der Waals surface area contributed by atoms with Crippen molar-refractivity contribution in [3.8, 4) is 5.88 Å². The van der Waals surface area contributed by atoms with Gasteiger partial charge in [0.25, 0.3) is 0 Å². The summed E-state index contributed by atoms with van der Waals surface area (Å²) in [4.78, 5) is 21.8. The van der Waals surface area contributed by atoms with Gasteiger partial charge in [-0.15, -0.1) is 0 Å². The molecule has 1 aliphatic rings.